The van der Waals surface area contributed by atoms with Gasteiger partial charge in [-0.05, 0) is 24.2 Å². The maximum Gasteiger partial charge on any atom is 0.215 e. The van der Waals surface area contributed by atoms with E-state index in [0.29, 0.717) is 18.2 Å². The first kappa shape index (κ1) is 17.1. The molecule has 0 aliphatic heterocycles. The molecule has 0 atom stereocenters. The molecular weight excluding hydrogens is 340 g/mol. The Morgan fingerprint density at radius 3 is 2.56 bits per heavy atom. The Morgan fingerprint density at radius 2 is 1.88 bits per heavy atom. The molecule has 2 aromatic heterocycles. The lowest BCUT2D eigenvalue weighted by atomic mass is 10.1. The van der Waals surface area contributed by atoms with Crippen LogP contribution in [0.15, 0.2) is 55.1 Å². The molecule has 0 amide bonds. The molecule has 2 heterocycles. The summed E-state index contributed by atoms with van der Waals surface area (Å²) in [5.41, 5.74) is 1.75. The van der Waals surface area contributed by atoms with Crippen LogP contribution in [0, 0.1) is 0 Å². The minimum atomic E-state index is -3.26. The first-order chi connectivity index (χ1) is 12.1. The van der Waals surface area contributed by atoms with Crippen molar-refractivity contribution in [1.82, 2.24) is 24.5 Å². The van der Waals surface area contributed by atoms with Crippen LogP contribution in [-0.2, 0) is 22.3 Å². The smallest absolute Gasteiger partial charge is 0.215 e. The summed E-state index contributed by atoms with van der Waals surface area (Å²) in [6, 6.07) is 9.20. The van der Waals surface area contributed by atoms with Gasteiger partial charge in [-0.15, -0.1) is 0 Å². The maximum absolute atomic E-state index is 11.5. The van der Waals surface area contributed by atoms with Gasteiger partial charge < -0.3 is 5.32 Å². The van der Waals surface area contributed by atoms with Crippen LogP contribution in [0.2, 0.25) is 0 Å². The Bertz CT molecular complexity index is 924. The van der Waals surface area contributed by atoms with E-state index in [1.165, 1.54) is 7.05 Å². The molecule has 2 N–H and O–H groups in total. The van der Waals surface area contributed by atoms with Crippen molar-refractivity contribution in [2.45, 2.75) is 12.3 Å². The number of aromatic nitrogens is 4. The second kappa shape index (κ2) is 7.41. The number of nitrogens with one attached hydrogen (secondary N) is 2. The first-order valence-corrected chi connectivity index (χ1v) is 9.26. The van der Waals surface area contributed by atoms with Crippen LogP contribution in [0.3, 0.4) is 0 Å². The molecule has 0 spiro atoms. The normalized spacial score (nSPS) is 11.4. The van der Waals surface area contributed by atoms with Crippen molar-refractivity contribution >= 4 is 15.8 Å². The molecule has 25 heavy (non-hydrogen) atoms. The molecule has 3 aromatic rings. The monoisotopic (exact) mass is 358 g/mol. The molecule has 0 radical (unpaired) electrons. The lowest BCUT2D eigenvalue weighted by Crippen LogP contribution is -2.20. The molecule has 0 bridgehead atoms. The number of sulfonamides is 1. The lowest BCUT2D eigenvalue weighted by Gasteiger charge is -2.08. The fraction of sp³-hybridized carbons (Fsp3) is 0.188. The molecule has 130 valence electrons. The molecule has 0 saturated heterocycles. The topological polar surface area (TPSA) is 102 Å². The number of hydrogen-bond donors (Lipinski definition) is 2. The van der Waals surface area contributed by atoms with E-state index in [-0.39, 0.29) is 5.75 Å². The van der Waals surface area contributed by atoms with Gasteiger partial charge >= 0.3 is 0 Å². The van der Waals surface area contributed by atoms with Crippen LogP contribution in [0.25, 0.3) is 5.82 Å². The highest BCUT2D eigenvalue weighted by molar-refractivity contribution is 7.88. The number of hydrogen-bond acceptors (Lipinski definition) is 6. The van der Waals surface area contributed by atoms with E-state index in [2.05, 4.69) is 25.1 Å². The second-order valence-electron chi connectivity index (χ2n) is 5.35. The van der Waals surface area contributed by atoms with Gasteiger partial charge in [-0.2, -0.15) is 5.10 Å². The summed E-state index contributed by atoms with van der Waals surface area (Å²) >= 11 is 0. The van der Waals surface area contributed by atoms with E-state index < -0.39 is 10.0 Å². The third-order valence-electron chi connectivity index (χ3n) is 3.53. The quantitative estimate of drug-likeness (QED) is 0.660. The predicted molar refractivity (Wildman–Crippen MR) is 94.6 cm³/mol. The second-order valence-corrected chi connectivity index (χ2v) is 7.27. The molecule has 0 saturated carbocycles. The Hall–Kier alpha value is -2.78. The van der Waals surface area contributed by atoms with Crippen LogP contribution in [0.4, 0.5) is 5.82 Å². The third-order valence-corrected chi connectivity index (χ3v) is 4.86. The molecule has 3 rings (SSSR count). The van der Waals surface area contributed by atoms with Crippen molar-refractivity contribution in [3.8, 4) is 5.82 Å². The summed E-state index contributed by atoms with van der Waals surface area (Å²) in [4.78, 5) is 8.60. The minimum Gasteiger partial charge on any atom is -0.365 e. The number of nitrogens with zero attached hydrogens (tertiary/aromatic N) is 4. The fourth-order valence-corrected chi connectivity index (χ4v) is 2.97. The number of rotatable bonds is 7. The molecule has 0 aliphatic carbocycles. The van der Waals surface area contributed by atoms with Crippen LogP contribution in [-0.4, -0.2) is 35.2 Å². The van der Waals surface area contributed by atoms with Gasteiger partial charge in [0.2, 0.25) is 10.0 Å². The third kappa shape index (κ3) is 4.61. The molecule has 0 fully saturated rings. The van der Waals surface area contributed by atoms with E-state index in [9.17, 15) is 8.42 Å². The zero-order valence-electron chi connectivity index (χ0n) is 13.6. The predicted octanol–water partition coefficient (Wildman–Crippen LogP) is 1.32. The van der Waals surface area contributed by atoms with Crippen LogP contribution >= 0.6 is 0 Å². The first-order valence-electron chi connectivity index (χ1n) is 7.61. The number of anilines is 1. The molecule has 1 aromatic carbocycles. The number of benzene rings is 1. The highest BCUT2D eigenvalue weighted by Gasteiger charge is 2.08. The average molecular weight is 358 g/mol. The van der Waals surface area contributed by atoms with Crippen LogP contribution in [0.1, 0.15) is 11.1 Å². The SMILES string of the molecule is CNS(=O)(=O)Cc1ccc(CNc2cncc(-n3cccn3)n2)cc1. The largest absolute Gasteiger partial charge is 0.365 e. The van der Waals surface area contributed by atoms with Gasteiger partial charge in [0.1, 0.15) is 5.82 Å². The van der Waals surface area contributed by atoms with Crippen molar-refractivity contribution in [3.05, 3.63) is 66.2 Å². The molecular formula is C16H18N6O2S. The van der Waals surface area contributed by atoms with E-state index in [4.69, 9.17) is 0 Å². The Morgan fingerprint density at radius 1 is 1.12 bits per heavy atom. The molecule has 0 unspecified atom stereocenters. The van der Waals surface area contributed by atoms with Gasteiger partial charge in [0.15, 0.2) is 5.82 Å². The van der Waals surface area contributed by atoms with E-state index in [1.807, 2.05) is 18.2 Å². The average Bonchev–Trinajstić information content (AvgIpc) is 3.16. The Labute approximate surface area is 146 Å². The highest BCUT2D eigenvalue weighted by atomic mass is 32.2. The summed E-state index contributed by atoms with van der Waals surface area (Å²) in [5, 5.41) is 7.32. The molecule has 8 nitrogen and oxygen atoms in total. The summed E-state index contributed by atoms with van der Waals surface area (Å²) in [6.45, 7) is 0.552. The van der Waals surface area contributed by atoms with Crippen molar-refractivity contribution in [2.75, 3.05) is 12.4 Å². The summed E-state index contributed by atoms with van der Waals surface area (Å²) in [5.74, 6) is 1.23. The summed E-state index contributed by atoms with van der Waals surface area (Å²) in [6.07, 6.45) is 6.75. The molecule has 9 heteroatoms. The zero-order chi connectivity index (χ0) is 17.7. The van der Waals surface area contributed by atoms with Gasteiger partial charge in [-0.1, -0.05) is 24.3 Å². The minimum absolute atomic E-state index is 0.0331. The standard InChI is InChI=1S/C16H18N6O2S/c1-17-25(23,24)12-14-5-3-13(4-6-14)9-19-15-10-18-11-16(21-15)22-8-2-7-20-22/h2-8,10-11,17H,9,12H2,1H3,(H,19,21). The summed E-state index contributed by atoms with van der Waals surface area (Å²) in [7, 11) is -1.85. The van der Waals surface area contributed by atoms with Gasteiger partial charge in [0.05, 0.1) is 18.1 Å². The Balaban J connectivity index is 1.63. The lowest BCUT2D eigenvalue weighted by molar-refractivity contribution is 0.587. The summed E-state index contributed by atoms with van der Waals surface area (Å²) < 4.78 is 27.0. The fourth-order valence-electron chi connectivity index (χ4n) is 2.19. The van der Waals surface area contributed by atoms with Gasteiger partial charge in [0.25, 0.3) is 0 Å². The van der Waals surface area contributed by atoms with Crippen LogP contribution < -0.4 is 10.0 Å². The molecule has 0 aliphatic rings. The van der Waals surface area contributed by atoms with E-state index >= 15 is 0 Å². The van der Waals surface area contributed by atoms with Gasteiger partial charge in [-0.3, -0.25) is 4.98 Å². The van der Waals surface area contributed by atoms with Crippen molar-refractivity contribution in [1.29, 1.82) is 0 Å². The van der Waals surface area contributed by atoms with E-state index in [0.717, 1.165) is 11.1 Å². The highest BCUT2D eigenvalue weighted by Crippen LogP contribution is 2.11. The van der Waals surface area contributed by atoms with Gasteiger partial charge in [0, 0.05) is 18.9 Å². The maximum atomic E-state index is 11.5. The van der Waals surface area contributed by atoms with Crippen molar-refractivity contribution in [3.63, 3.8) is 0 Å². The van der Waals surface area contributed by atoms with Crippen molar-refractivity contribution < 1.29 is 8.42 Å². The zero-order valence-corrected chi connectivity index (χ0v) is 14.4. The van der Waals surface area contributed by atoms with E-state index in [1.54, 1.807) is 41.6 Å². The Kier molecular flexibility index (Phi) is 5.05. The van der Waals surface area contributed by atoms with Gasteiger partial charge in [-0.25, -0.2) is 22.8 Å². The van der Waals surface area contributed by atoms with Crippen molar-refractivity contribution in [2.24, 2.45) is 0 Å². The van der Waals surface area contributed by atoms with Crippen LogP contribution in [0.5, 0.6) is 0 Å².